The number of rotatable bonds is 3. The number of hydrogen-bond acceptors (Lipinski definition) is 6. The molecule has 1 aliphatic rings. The Kier molecular flexibility index (Phi) is 5.29. The minimum Gasteiger partial charge on any atom is -0.337 e. The van der Waals surface area contributed by atoms with E-state index >= 15 is 0 Å². The van der Waals surface area contributed by atoms with Gasteiger partial charge in [0.2, 0.25) is 11.7 Å². The molecule has 36 heavy (non-hydrogen) atoms. The Labute approximate surface area is 193 Å². The van der Waals surface area contributed by atoms with Crippen molar-refractivity contribution in [3.05, 3.63) is 46.5 Å². The molecular weight excluding hydrogens is 513 g/mol. The summed E-state index contributed by atoms with van der Waals surface area (Å²) < 4.78 is 126. The zero-order chi connectivity index (χ0) is 26.0. The second-order valence-corrected chi connectivity index (χ2v) is 7.96. The van der Waals surface area contributed by atoms with Gasteiger partial charge >= 0.3 is 18.5 Å². The third-order valence-electron chi connectivity index (χ3n) is 5.57. The van der Waals surface area contributed by atoms with Gasteiger partial charge < -0.3 is 4.52 Å². The van der Waals surface area contributed by atoms with Gasteiger partial charge in [0.15, 0.2) is 17.0 Å². The molecule has 8 nitrogen and oxygen atoms in total. The van der Waals surface area contributed by atoms with Crippen LogP contribution in [0.2, 0.25) is 0 Å². The molecule has 0 bridgehead atoms. The first-order valence-electron chi connectivity index (χ1n) is 10.3. The number of nitrogens with zero attached hydrogens (tertiary/aromatic N) is 7. The summed E-state index contributed by atoms with van der Waals surface area (Å²) in [6.07, 6.45) is -12.6. The summed E-state index contributed by atoms with van der Waals surface area (Å²) in [5.41, 5.74) is -5.38. The van der Waals surface area contributed by atoms with Crippen molar-refractivity contribution >= 4 is 5.65 Å². The molecule has 0 amide bonds. The fourth-order valence-electron chi connectivity index (χ4n) is 4.05. The van der Waals surface area contributed by atoms with E-state index in [9.17, 15) is 39.5 Å². The van der Waals surface area contributed by atoms with Crippen LogP contribution in [0.3, 0.4) is 0 Å². The first kappa shape index (κ1) is 24.1. The maximum Gasteiger partial charge on any atom is 0.435 e. The Balaban J connectivity index is 1.55. The molecule has 0 unspecified atom stereocenters. The van der Waals surface area contributed by atoms with Crippen molar-refractivity contribution in [3.8, 4) is 11.4 Å². The largest absolute Gasteiger partial charge is 0.435 e. The predicted molar refractivity (Wildman–Crippen MR) is 99.3 cm³/mol. The van der Waals surface area contributed by atoms with Crippen molar-refractivity contribution in [2.45, 2.75) is 50.8 Å². The first-order chi connectivity index (χ1) is 16.7. The minimum absolute atomic E-state index is 0.0691. The molecule has 0 saturated carbocycles. The molecule has 4 heterocycles. The fraction of sp³-hybridized carbons (Fsp3) is 0.421. The van der Waals surface area contributed by atoms with Gasteiger partial charge in [0.05, 0.1) is 11.8 Å². The van der Waals surface area contributed by atoms with Crippen LogP contribution in [0.4, 0.5) is 39.5 Å². The summed E-state index contributed by atoms with van der Waals surface area (Å²) in [5.74, 6) is -0.714. The smallest absolute Gasteiger partial charge is 0.337 e. The van der Waals surface area contributed by atoms with E-state index in [1.54, 1.807) is 0 Å². The molecular formula is C19H12F9N7O. The van der Waals surface area contributed by atoms with Gasteiger partial charge in [-0.15, -0.1) is 0 Å². The molecule has 17 heteroatoms. The number of alkyl halides is 9. The minimum atomic E-state index is -5.19. The van der Waals surface area contributed by atoms with E-state index in [4.69, 9.17) is 4.52 Å². The Morgan fingerprint density at radius 3 is 2.28 bits per heavy atom. The molecule has 4 aromatic heterocycles. The van der Waals surface area contributed by atoms with Crippen LogP contribution in [0.1, 0.15) is 47.1 Å². The molecule has 1 aliphatic carbocycles. The van der Waals surface area contributed by atoms with Crippen molar-refractivity contribution < 1.29 is 44.0 Å². The lowest BCUT2D eigenvalue weighted by atomic mass is 9.95. The third-order valence-corrected chi connectivity index (χ3v) is 5.57. The maximum absolute atomic E-state index is 13.4. The van der Waals surface area contributed by atoms with Crippen molar-refractivity contribution in [2.24, 2.45) is 0 Å². The SMILES string of the molecule is FC(F)(F)c1cc(C(F)(F)F)n2ncc(-c3noc(Cn4nc(C(F)(F)F)c5c4CCCC5)n3)c2n1. The molecule has 0 fully saturated rings. The van der Waals surface area contributed by atoms with Gasteiger partial charge in [0.1, 0.15) is 12.2 Å². The van der Waals surface area contributed by atoms with Crippen LogP contribution in [0, 0.1) is 0 Å². The van der Waals surface area contributed by atoms with Gasteiger partial charge in [-0.1, -0.05) is 5.16 Å². The summed E-state index contributed by atoms with van der Waals surface area (Å²) >= 11 is 0. The normalized spacial score (nSPS) is 15.0. The summed E-state index contributed by atoms with van der Waals surface area (Å²) in [4.78, 5) is 7.18. The van der Waals surface area contributed by atoms with Crippen molar-refractivity contribution in [2.75, 3.05) is 0 Å². The molecule has 0 spiro atoms. The van der Waals surface area contributed by atoms with Crippen LogP contribution in [-0.2, 0) is 37.9 Å². The highest BCUT2D eigenvalue weighted by Crippen LogP contribution is 2.37. The highest BCUT2D eigenvalue weighted by Gasteiger charge is 2.41. The van der Waals surface area contributed by atoms with E-state index in [1.165, 1.54) is 0 Å². The van der Waals surface area contributed by atoms with Gasteiger partial charge in [-0.25, -0.2) is 9.50 Å². The lowest BCUT2D eigenvalue weighted by Gasteiger charge is -2.14. The van der Waals surface area contributed by atoms with E-state index in [0.717, 1.165) is 10.9 Å². The van der Waals surface area contributed by atoms with E-state index in [-0.39, 0.29) is 35.0 Å². The van der Waals surface area contributed by atoms with E-state index in [0.29, 0.717) is 25.0 Å². The highest BCUT2D eigenvalue weighted by atomic mass is 19.4. The molecule has 0 atom stereocenters. The Bertz CT molecular complexity index is 1440. The molecule has 0 N–H and O–H groups in total. The van der Waals surface area contributed by atoms with Gasteiger partial charge in [-0.05, 0) is 31.7 Å². The van der Waals surface area contributed by atoms with Crippen LogP contribution in [0.15, 0.2) is 16.8 Å². The van der Waals surface area contributed by atoms with Crippen molar-refractivity contribution in [1.82, 2.24) is 34.5 Å². The van der Waals surface area contributed by atoms with E-state index in [2.05, 4.69) is 25.3 Å². The molecule has 192 valence electrons. The Morgan fingerprint density at radius 2 is 1.61 bits per heavy atom. The molecule has 4 aromatic rings. The van der Waals surface area contributed by atoms with Crippen LogP contribution >= 0.6 is 0 Å². The van der Waals surface area contributed by atoms with Crippen LogP contribution in [0.5, 0.6) is 0 Å². The average Bonchev–Trinajstić information content (AvgIpc) is 3.48. The van der Waals surface area contributed by atoms with E-state index < -0.39 is 52.6 Å². The third kappa shape index (κ3) is 4.15. The molecule has 5 rings (SSSR count). The summed E-state index contributed by atoms with van der Waals surface area (Å²) in [5, 5.41) is 10.7. The standard InChI is InChI=1S/C19H12F9N7O/c20-17(21,22)11-5-12(18(23,24)25)35-16(30-11)9(6-29-35)15-31-13(36-33-15)7-34-10-4-2-1-3-8(10)14(32-34)19(26,27)28/h5-6H,1-4,7H2. The van der Waals surface area contributed by atoms with Crippen molar-refractivity contribution in [1.29, 1.82) is 0 Å². The van der Waals surface area contributed by atoms with Crippen molar-refractivity contribution in [3.63, 3.8) is 0 Å². The van der Waals surface area contributed by atoms with Crippen LogP contribution < -0.4 is 0 Å². The zero-order valence-corrected chi connectivity index (χ0v) is 17.6. The van der Waals surface area contributed by atoms with Gasteiger partial charge in [0.25, 0.3) is 0 Å². The second kappa shape index (κ2) is 7.92. The summed E-state index contributed by atoms with van der Waals surface area (Å²) in [7, 11) is 0. The molecule has 0 aromatic carbocycles. The van der Waals surface area contributed by atoms with Gasteiger partial charge in [0, 0.05) is 11.3 Å². The predicted octanol–water partition coefficient (Wildman–Crippen LogP) is 4.96. The summed E-state index contributed by atoms with van der Waals surface area (Å²) in [6, 6.07) is -0.176. The topological polar surface area (TPSA) is 86.9 Å². The molecule has 0 saturated heterocycles. The number of fused-ring (bicyclic) bond motifs is 2. The second-order valence-electron chi connectivity index (χ2n) is 7.96. The lowest BCUT2D eigenvalue weighted by molar-refractivity contribution is -0.148. The monoisotopic (exact) mass is 525 g/mol. The number of hydrogen-bond donors (Lipinski definition) is 0. The Hall–Kier alpha value is -3.66. The fourth-order valence-corrected chi connectivity index (χ4v) is 4.05. The number of aromatic nitrogens is 7. The van der Waals surface area contributed by atoms with Gasteiger partial charge in [-0.3, -0.25) is 4.68 Å². The highest BCUT2D eigenvalue weighted by molar-refractivity contribution is 5.72. The van der Waals surface area contributed by atoms with Crippen LogP contribution in [0.25, 0.3) is 17.0 Å². The summed E-state index contributed by atoms with van der Waals surface area (Å²) in [6.45, 7) is -0.389. The number of halogens is 9. The maximum atomic E-state index is 13.4. The average molecular weight is 525 g/mol. The zero-order valence-electron chi connectivity index (χ0n) is 17.6. The van der Waals surface area contributed by atoms with E-state index in [1.807, 2.05) is 0 Å². The quantitative estimate of drug-likeness (QED) is 0.352. The molecule has 0 aliphatic heterocycles. The van der Waals surface area contributed by atoms with Crippen LogP contribution in [-0.4, -0.2) is 34.5 Å². The molecule has 0 radical (unpaired) electrons. The Morgan fingerprint density at radius 1 is 0.889 bits per heavy atom. The lowest BCUT2D eigenvalue weighted by Crippen LogP contribution is -2.18. The first-order valence-corrected chi connectivity index (χ1v) is 10.3. The van der Waals surface area contributed by atoms with Gasteiger partial charge in [-0.2, -0.15) is 54.7 Å².